The van der Waals surface area contributed by atoms with Crippen molar-refractivity contribution in [3.05, 3.63) is 71.5 Å². The lowest BCUT2D eigenvalue weighted by Gasteiger charge is -2.25. The molecule has 2 amide bonds. The number of hydrogen-bond acceptors (Lipinski definition) is 4. The Morgan fingerprint density at radius 2 is 1.70 bits per heavy atom. The average Bonchev–Trinajstić information content (AvgIpc) is 2.71. The minimum absolute atomic E-state index is 0.177. The van der Waals surface area contributed by atoms with Crippen LogP contribution in [-0.2, 0) is 20.9 Å². The summed E-state index contributed by atoms with van der Waals surface area (Å²) in [6.07, 6.45) is -1.05. The second-order valence-corrected chi connectivity index (χ2v) is 7.46. The van der Waals surface area contributed by atoms with Gasteiger partial charge in [-0.25, -0.2) is 9.18 Å². The largest absolute Gasteiger partial charge is 0.451 e. The first kappa shape index (κ1) is 23.1. The fourth-order valence-electron chi connectivity index (χ4n) is 2.91. The zero-order valence-corrected chi connectivity index (χ0v) is 17.6. The molecule has 0 saturated heterocycles. The maximum atomic E-state index is 13.3. The summed E-state index contributed by atoms with van der Waals surface area (Å²) in [5.41, 5.74) is 1.05. The van der Waals surface area contributed by atoms with Crippen LogP contribution in [0.3, 0.4) is 0 Å². The van der Waals surface area contributed by atoms with E-state index in [0.717, 1.165) is 0 Å². The summed E-state index contributed by atoms with van der Waals surface area (Å²) in [6, 6.07) is 13.6. The topological polar surface area (TPSA) is 75.7 Å². The van der Waals surface area contributed by atoms with Crippen LogP contribution in [0.25, 0.3) is 0 Å². The highest BCUT2D eigenvalue weighted by Gasteiger charge is 2.30. The number of ether oxygens (including phenoxy) is 1. The van der Waals surface area contributed by atoms with Gasteiger partial charge in [0, 0.05) is 19.2 Å². The van der Waals surface area contributed by atoms with Gasteiger partial charge in [-0.1, -0.05) is 44.2 Å². The van der Waals surface area contributed by atoms with E-state index in [2.05, 4.69) is 5.32 Å². The summed E-state index contributed by atoms with van der Waals surface area (Å²) in [4.78, 5) is 39.0. The summed E-state index contributed by atoms with van der Waals surface area (Å²) in [7, 11) is 1.55. The van der Waals surface area contributed by atoms with Gasteiger partial charge in [0.15, 0.2) is 6.10 Å². The van der Waals surface area contributed by atoms with E-state index >= 15 is 0 Å². The Kier molecular flexibility index (Phi) is 8.09. The van der Waals surface area contributed by atoms with E-state index in [-0.39, 0.29) is 18.3 Å². The predicted molar refractivity (Wildman–Crippen MR) is 111 cm³/mol. The molecule has 7 heteroatoms. The van der Waals surface area contributed by atoms with E-state index < -0.39 is 29.9 Å². The van der Waals surface area contributed by atoms with Crippen molar-refractivity contribution in [3.63, 3.8) is 0 Å². The second kappa shape index (κ2) is 10.5. The molecule has 160 valence electrons. The van der Waals surface area contributed by atoms with Gasteiger partial charge in [-0.2, -0.15) is 0 Å². The van der Waals surface area contributed by atoms with Crippen LogP contribution in [0.5, 0.6) is 0 Å². The molecule has 2 atom stereocenters. The maximum absolute atomic E-state index is 13.3. The number of nitrogens with zero attached hydrogens (tertiary/aromatic N) is 1. The molecule has 0 aliphatic heterocycles. The third-order valence-corrected chi connectivity index (χ3v) is 4.57. The third-order valence-electron chi connectivity index (χ3n) is 4.57. The fraction of sp³-hybridized carbons (Fsp3) is 0.348. The molecule has 0 fully saturated rings. The molecule has 2 aromatic rings. The van der Waals surface area contributed by atoms with Gasteiger partial charge >= 0.3 is 5.97 Å². The smallest absolute Gasteiger partial charge is 0.329 e. The molecular weight excluding hydrogens is 387 g/mol. The van der Waals surface area contributed by atoms with E-state index in [9.17, 15) is 18.8 Å². The zero-order valence-electron chi connectivity index (χ0n) is 17.6. The van der Waals surface area contributed by atoms with Gasteiger partial charge in [0.05, 0.1) is 0 Å². The van der Waals surface area contributed by atoms with Crippen molar-refractivity contribution in [2.45, 2.75) is 39.5 Å². The minimum Gasteiger partial charge on any atom is -0.451 e. The minimum atomic E-state index is -1.05. The van der Waals surface area contributed by atoms with E-state index in [0.29, 0.717) is 11.1 Å². The molecule has 1 N–H and O–H groups in total. The van der Waals surface area contributed by atoms with Gasteiger partial charge in [0.25, 0.3) is 11.8 Å². The summed E-state index contributed by atoms with van der Waals surface area (Å²) in [5, 5.41) is 2.67. The quantitative estimate of drug-likeness (QED) is 0.674. The van der Waals surface area contributed by atoms with Crippen molar-refractivity contribution in [3.8, 4) is 0 Å². The van der Waals surface area contributed by atoms with E-state index in [1.54, 1.807) is 63.4 Å². The lowest BCUT2D eigenvalue weighted by molar-refractivity contribution is -0.161. The van der Waals surface area contributed by atoms with Crippen molar-refractivity contribution < 1.29 is 23.5 Å². The number of halogens is 1. The van der Waals surface area contributed by atoms with Crippen LogP contribution < -0.4 is 5.32 Å². The Bertz CT molecular complexity index is 886. The van der Waals surface area contributed by atoms with Gasteiger partial charge in [0.1, 0.15) is 11.9 Å². The zero-order chi connectivity index (χ0) is 22.3. The van der Waals surface area contributed by atoms with E-state index in [1.165, 1.54) is 24.0 Å². The van der Waals surface area contributed by atoms with Gasteiger partial charge in [0.2, 0.25) is 0 Å². The van der Waals surface area contributed by atoms with Crippen molar-refractivity contribution in [1.82, 2.24) is 10.2 Å². The molecule has 0 spiro atoms. The molecule has 0 saturated carbocycles. The van der Waals surface area contributed by atoms with Crippen molar-refractivity contribution in [1.29, 1.82) is 0 Å². The van der Waals surface area contributed by atoms with Crippen LogP contribution >= 0.6 is 0 Å². The molecule has 1 unspecified atom stereocenters. The molecule has 2 aromatic carbocycles. The molecule has 0 bridgehead atoms. The number of carbonyl (C=O) groups is 3. The second-order valence-electron chi connectivity index (χ2n) is 7.46. The third kappa shape index (κ3) is 6.40. The lowest BCUT2D eigenvalue weighted by atomic mass is 10.0. The van der Waals surface area contributed by atoms with Gasteiger partial charge in [-0.3, -0.25) is 9.59 Å². The first-order chi connectivity index (χ1) is 14.2. The average molecular weight is 414 g/mol. The molecule has 0 radical (unpaired) electrons. The Morgan fingerprint density at radius 3 is 2.30 bits per heavy atom. The van der Waals surface area contributed by atoms with Crippen molar-refractivity contribution in [2.75, 3.05) is 7.05 Å². The van der Waals surface area contributed by atoms with Crippen LogP contribution in [0.1, 0.15) is 36.7 Å². The van der Waals surface area contributed by atoms with E-state index in [4.69, 9.17) is 4.74 Å². The number of likely N-dealkylation sites (N-methyl/N-ethyl adjacent to an activating group) is 1. The highest BCUT2D eigenvalue weighted by Crippen LogP contribution is 2.11. The number of rotatable bonds is 8. The summed E-state index contributed by atoms with van der Waals surface area (Å²) < 4.78 is 18.7. The van der Waals surface area contributed by atoms with Crippen LogP contribution in [0.2, 0.25) is 0 Å². The first-order valence-electron chi connectivity index (χ1n) is 9.75. The van der Waals surface area contributed by atoms with Gasteiger partial charge < -0.3 is 15.0 Å². The number of carbonyl (C=O) groups excluding carboxylic acids is 3. The Morgan fingerprint density at radius 1 is 1.03 bits per heavy atom. The van der Waals surface area contributed by atoms with Crippen LogP contribution in [-0.4, -0.2) is 41.9 Å². The first-order valence-corrected chi connectivity index (χ1v) is 9.75. The van der Waals surface area contributed by atoms with Crippen LogP contribution in [0, 0.1) is 11.7 Å². The molecule has 30 heavy (non-hydrogen) atoms. The van der Waals surface area contributed by atoms with Gasteiger partial charge in [-0.05, 0) is 42.7 Å². The molecule has 2 rings (SSSR count). The van der Waals surface area contributed by atoms with Crippen LogP contribution in [0.4, 0.5) is 4.39 Å². The maximum Gasteiger partial charge on any atom is 0.329 e. The Balaban J connectivity index is 1.98. The van der Waals surface area contributed by atoms with Gasteiger partial charge in [-0.15, -0.1) is 0 Å². The Hall–Kier alpha value is -3.22. The lowest BCUT2D eigenvalue weighted by Crippen LogP contribution is -2.47. The summed E-state index contributed by atoms with van der Waals surface area (Å²) in [6.45, 7) is 5.20. The Labute approximate surface area is 176 Å². The number of esters is 1. The molecule has 0 aromatic heterocycles. The number of hydrogen-bond donors (Lipinski definition) is 1. The highest BCUT2D eigenvalue weighted by atomic mass is 19.1. The summed E-state index contributed by atoms with van der Waals surface area (Å²) in [5.74, 6) is -2.13. The molecule has 6 nitrogen and oxygen atoms in total. The number of benzene rings is 2. The van der Waals surface area contributed by atoms with Crippen molar-refractivity contribution >= 4 is 17.8 Å². The standard InChI is InChI=1S/C23H27FN2O4/c1-15(2)20(25-21(27)18-10-6-5-7-11-18)23(29)30-16(3)22(28)26(4)14-17-9-8-12-19(24)13-17/h5-13,15-16,20H,14H2,1-4H3,(H,25,27)/t16?,20-/m0/s1. The summed E-state index contributed by atoms with van der Waals surface area (Å²) >= 11 is 0. The number of amides is 2. The highest BCUT2D eigenvalue weighted by molar-refractivity contribution is 5.97. The molecular formula is C23H27FN2O4. The van der Waals surface area contributed by atoms with Crippen LogP contribution in [0.15, 0.2) is 54.6 Å². The molecule has 0 heterocycles. The van der Waals surface area contributed by atoms with E-state index in [1.807, 2.05) is 0 Å². The fourth-order valence-corrected chi connectivity index (χ4v) is 2.91. The monoisotopic (exact) mass is 414 g/mol. The number of nitrogens with one attached hydrogen (secondary N) is 1. The normalized spacial score (nSPS) is 12.7. The van der Waals surface area contributed by atoms with Crippen molar-refractivity contribution in [2.24, 2.45) is 5.92 Å². The molecule has 0 aliphatic carbocycles. The molecule has 0 aliphatic rings. The predicted octanol–water partition coefficient (Wildman–Crippen LogP) is 3.17. The SMILES string of the molecule is CC(OC(=O)[C@@H](NC(=O)c1ccccc1)C(C)C)C(=O)N(C)Cc1cccc(F)c1.